The number of carbonyl (C=O) groups is 1. The van der Waals surface area contributed by atoms with Crippen LogP contribution in [0.15, 0.2) is 36.5 Å². The van der Waals surface area contributed by atoms with Crippen LogP contribution >= 0.6 is 0 Å². The molecule has 5 heteroatoms. The Hall–Kier alpha value is -2.14. The molecule has 1 aromatic heterocycles. The van der Waals surface area contributed by atoms with Gasteiger partial charge in [-0.3, -0.25) is 4.79 Å². The second-order valence-corrected chi connectivity index (χ2v) is 6.77. The molecule has 2 aliphatic rings. The molecule has 0 bridgehead atoms. The number of amides is 1. The number of ether oxygens (including phenoxy) is 1. The zero-order valence-corrected chi connectivity index (χ0v) is 13.5. The Bertz CT molecular complexity index is 726. The second-order valence-electron chi connectivity index (χ2n) is 6.77. The van der Waals surface area contributed by atoms with E-state index in [1.54, 1.807) is 6.20 Å². The van der Waals surface area contributed by atoms with Crippen molar-refractivity contribution in [1.82, 2.24) is 14.7 Å². The lowest BCUT2D eigenvalue weighted by Crippen LogP contribution is -2.72. The summed E-state index contributed by atoms with van der Waals surface area (Å²) in [5.74, 6) is 0.303. The van der Waals surface area contributed by atoms with Crippen molar-refractivity contribution >= 4 is 5.91 Å². The maximum Gasteiger partial charge on any atom is 0.257 e. The van der Waals surface area contributed by atoms with Gasteiger partial charge in [-0.25, -0.2) is 4.68 Å². The van der Waals surface area contributed by atoms with E-state index in [0.717, 1.165) is 29.9 Å². The van der Waals surface area contributed by atoms with Gasteiger partial charge in [0.05, 0.1) is 41.9 Å². The van der Waals surface area contributed by atoms with Crippen molar-refractivity contribution in [3.8, 4) is 5.69 Å². The monoisotopic (exact) mass is 311 g/mol. The predicted molar refractivity (Wildman–Crippen MR) is 86.9 cm³/mol. The van der Waals surface area contributed by atoms with Gasteiger partial charge in [0, 0.05) is 6.54 Å². The van der Waals surface area contributed by atoms with Gasteiger partial charge in [0.15, 0.2) is 0 Å². The van der Waals surface area contributed by atoms with Crippen LogP contribution in [0.25, 0.3) is 5.69 Å². The summed E-state index contributed by atoms with van der Waals surface area (Å²) in [4.78, 5) is 15.0. The van der Waals surface area contributed by atoms with Crippen LogP contribution in [0.5, 0.6) is 0 Å². The first-order valence-corrected chi connectivity index (χ1v) is 8.15. The van der Waals surface area contributed by atoms with E-state index in [-0.39, 0.29) is 17.4 Å². The molecule has 2 saturated heterocycles. The van der Waals surface area contributed by atoms with E-state index in [4.69, 9.17) is 4.74 Å². The molecular weight excluding hydrogens is 290 g/mol. The summed E-state index contributed by atoms with van der Waals surface area (Å²) >= 11 is 0. The van der Waals surface area contributed by atoms with E-state index < -0.39 is 0 Å². The molecule has 23 heavy (non-hydrogen) atoms. The van der Waals surface area contributed by atoms with Gasteiger partial charge in [-0.1, -0.05) is 32.0 Å². The highest BCUT2D eigenvalue weighted by Gasteiger charge is 2.53. The van der Waals surface area contributed by atoms with Crippen molar-refractivity contribution < 1.29 is 9.53 Å². The van der Waals surface area contributed by atoms with Crippen LogP contribution in [0, 0.1) is 0 Å². The molecule has 0 aliphatic carbocycles. The third kappa shape index (κ3) is 2.10. The second kappa shape index (κ2) is 5.20. The van der Waals surface area contributed by atoms with Crippen molar-refractivity contribution in [2.45, 2.75) is 31.7 Å². The number of para-hydroxylation sites is 1. The van der Waals surface area contributed by atoms with Gasteiger partial charge in [0.1, 0.15) is 0 Å². The topological polar surface area (TPSA) is 47.4 Å². The zero-order valence-electron chi connectivity index (χ0n) is 13.5. The average Bonchev–Trinajstić information content (AvgIpc) is 2.90. The smallest absolute Gasteiger partial charge is 0.257 e. The van der Waals surface area contributed by atoms with E-state index >= 15 is 0 Å². The Labute approximate surface area is 135 Å². The number of carbonyl (C=O) groups excluding carboxylic acids is 1. The molecule has 120 valence electrons. The van der Waals surface area contributed by atoms with Gasteiger partial charge in [0.25, 0.3) is 5.91 Å². The highest BCUT2D eigenvalue weighted by atomic mass is 16.5. The van der Waals surface area contributed by atoms with Crippen LogP contribution < -0.4 is 0 Å². The minimum absolute atomic E-state index is 0.0415. The van der Waals surface area contributed by atoms with Crippen LogP contribution in [0.2, 0.25) is 0 Å². The fraction of sp³-hybridized carbons (Fsp3) is 0.444. The summed E-state index contributed by atoms with van der Waals surface area (Å²) in [5, 5.41) is 4.50. The molecule has 0 radical (unpaired) electrons. The Kier molecular flexibility index (Phi) is 3.27. The fourth-order valence-electron chi connectivity index (χ4n) is 3.49. The molecule has 0 N–H and O–H groups in total. The largest absolute Gasteiger partial charge is 0.376 e. The van der Waals surface area contributed by atoms with Crippen LogP contribution in [-0.4, -0.2) is 45.9 Å². The molecule has 2 aromatic rings. The summed E-state index contributed by atoms with van der Waals surface area (Å²) in [6.45, 7) is 6.36. The molecule has 2 aliphatic heterocycles. The maximum atomic E-state index is 13.0. The molecule has 0 atom stereocenters. The zero-order chi connectivity index (χ0) is 16.0. The van der Waals surface area contributed by atoms with Gasteiger partial charge in [-0.2, -0.15) is 5.10 Å². The van der Waals surface area contributed by atoms with E-state index in [2.05, 4.69) is 18.9 Å². The number of hydrogen-bond donors (Lipinski definition) is 0. The highest BCUT2D eigenvalue weighted by molar-refractivity contribution is 5.96. The number of likely N-dealkylation sites (tertiary alicyclic amines) is 1. The van der Waals surface area contributed by atoms with E-state index in [0.29, 0.717) is 13.2 Å². The third-order valence-corrected chi connectivity index (χ3v) is 4.94. The summed E-state index contributed by atoms with van der Waals surface area (Å²) in [6.07, 6.45) is 2.76. The van der Waals surface area contributed by atoms with Crippen LogP contribution in [-0.2, 0) is 4.74 Å². The molecule has 3 heterocycles. The van der Waals surface area contributed by atoms with Gasteiger partial charge in [-0.15, -0.1) is 0 Å². The van der Waals surface area contributed by atoms with Gasteiger partial charge in [0.2, 0.25) is 0 Å². The van der Waals surface area contributed by atoms with E-state index in [1.807, 2.05) is 39.9 Å². The minimum atomic E-state index is -0.0415. The van der Waals surface area contributed by atoms with Gasteiger partial charge < -0.3 is 9.64 Å². The standard InChI is InChI=1S/C18H21N3O2/c1-13(2)16-15(10-19-21(16)14-6-4-3-5-7-14)17(22)20-9-8-18(20)11-23-12-18/h3-7,10,13H,8-9,11-12H2,1-2H3. The lowest BCUT2D eigenvalue weighted by atomic mass is 9.82. The Morgan fingerprint density at radius 2 is 2.00 bits per heavy atom. The summed E-state index contributed by atoms with van der Waals surface area (Å²) in [6, 6.07) is 9.97. The average molecular weight is 311 g/mol. The Balaban J connectivity index is 1.72. The first-order chi connectivity index (χ1) is 11.1. The van der Waals surface area contributed by atoms with Gasteiger partial charge in [-0.05, 0) is 24.5 Å². The maximum absolute atomic E-state index is 13.0. The first kappa shape index (κ1) is 14.5. The van der Waals surface area contributed by atoms with Gasteiger partial charge >= 0.3 is 0 Å². The predicted octanol–water partition coefficient (Wildman–Crippen LogP) is 2.61. The number of rotatable bonds is 3. The SMILES string of the molecule is CC(C)c1c(C(=O)N2CCC23COC3)cnn1-c1ccccc1. The van der Waals surface area contributed by atoms with Crippen molar-refractivity contribution in [3.63, 3.8) is 0 Å². The normalized spacial score (nSPS) is 18.8. The minimum Gasteiger partial charge on any atom is -0.376 e. The summed E-state index contributed by atoms with van der Waals surface area (Å²) in [5.41, 5.74) is 2.64. The molecule has 1 spiro atoms. The van der Waals surface area contributed by atoms with Crippen LogP contribution in [0.3, 0.4) is 0 Å². The van der Waals surface area contributed by atoms with Crippen molar-refractivity contribution in [2.75, 3.05) is 19.8 Å². The molecule has 2 fully saturated rings. The summed E-state index contributed by atoms with van der Waals surface area (Å²) < 4.78 is 7.22. The molecular formula is C18H21N3O2. The quantitative estimate of drug-likeness (QED) is 0.875. The van der Waals surface area contributed by atoms with E-state index in [1.165, 1.54) is 0 Å². The number of nitrogens with zero attached hydrogens (tertiary/aromatic N) is 3. The molecule has 0 saturated carbocycles. The number of aromatic nitrogens is 2. The Morgan fingerprint density at radius 3 is 2.52 bits per heavy atom. The lowest BCUT2D eigenvalue weighted by molar-refractivity contribution is -0.172. The number of hydrogen-bond acceptors (Lipinski definition) is 3. The molecule has 5 nitrogen and oxygen atoms in total. The molecule has 1 amide bonds. The highest BCUT2D eigenvalue weighted by Crippen LogP contribution is 2.39. The molecule has 0 unspecified atom stereocenters. The van der Waals surface area contributed by atoms with Crippen LogP contribution in [0.4, 0.5) is 0 Å². The van der Waals surface area contributed by atoms with Crippen molar-refractivity contribution in [1.29, 1.82) is 0 Å². The summed E-state index contributed by atoms with van der Waals surface area (Å²) in [7, 11) is 0. The van der Waals surface area contributed by atoms with E-state index in [9.17, 15) is 4.79 Å². The van der Waals surface area contributed by atoms with Crippen LogP contribution in [0.1, 0.15) is 42.2 Å². The van der Waals surface area contributed by atoms with Crippen molar-refractivity contribution in [2.24, 2.45) is 0 Å². The Morgan fingerprint density at radius 1 is 1.26 bits per heavy atom. The first-order valence-electron chi connectivity index (χ1n) is 8.15. The number of benzene rings is 1. The molecule has 4 rings (SSSR count). The lowest BCUT2D eigenvalue weighted by Gasteiger charge is -2.57. The van der Waals surface area contributed by atoms with Crippen molar-refractivity contribution in [3.05, 3.63) is 47.8 Å². The molecule has 1 aromatic carbocycles. The third-order valence-electron chi connectivity index (χ3n) is 4.94. The fourth-order valence-corrected chi connectivity index (χ4v) is 3.49.